The van der Waals surface area contributed by atoms with Crippen LogP contribution in [0.5, 0.6) is 11.5 Å². The highest BCUT2D eigenvalue weighted by Crippen LogP contribution is 2.31. The first-order chi connectivity index (χ1) is 9.25. The van der Waals surface area contributed by atoms with Crippen LogP contribution in [0.25, 0.3) is 0 Å². The summed E-state index contributed by atoms with van der Waals surface area (Å²) in [5.41, 5.74) is 0.580. The molecule has 1 fully saturated rings. The van der Waals surface area contributed by atoms with Gasteiger partial charge in [-0.3, -0.25) is 0 Å². The molecule has 19 heavy (non-hydrogen) atoms. The molecule has 0 radical (unpaired) electrons. The Balaban J connectivity index is 2.01. The van der Waals surface area contributed by atoms with Gasteiger partial charge in [0.1, 0.15) is 11.5 Å². The van der Waals surface area contributed by atoms with E-state index >= 15 is 0 Å². The Morgan fingerprint density at radius 1 is 1.16 bits per heavy atom. The highest BCUT2D eigenvalue weighted by Gasteiger charge is 2.21. The molecule has 1 aromatic rings. The molecule has 1 aliphatic rings. The molecule has 0 unspecified atom stereocenters. The van der Waals surface area contributed by atoms with Crippen molar-refractivity contribution in [3.8, 4) is 17.6 Å². The molecule has 2 rings (SSSR count). The van der Waals surface area contributed by atoms with Gasteiger partial charge < -0.3 is 9.47 Å². The van der Waals surface area contributed by atoms with Gasteiger partial charge in [0.25, 0.3) is 0 Å². The van der Waals surface area contributed by atoms with E-state index in [2.05, 4.69) is 13.0 Å². The normalized spacial score (nSPS) is 22.6. The van der Waals surface area contributed by atoms with E-state index < -0.39 is 0 Å². The number of hydrogen-bond donors (Lipinski definition) is 0. The minimum atomic E-state index is 0.279. The lowest BCUT2D eigenvalue weighted by Gasteiger charge is -2.28. The maximum atomic E-state index is 8.99. The molecule has 3 heteroatoms. The van der Waals surface area contributed by atoms with Crippen LogP contribution < -0.4 is 9.47 Å². The Hall–Kier alpha value is -1.69. The van der Waals surface area contributed by atoms with Crippen LogP contribution in [0.1, 0.15) is 44.6 Å². The van der Waals surface area contributed by atoms with Gasteiger partial charge in [-0.25, -0.2) is 0 Å². The van der Waals surface area contributed by atoms with Crippen molar-refractivity contribution in [1.29, 1.82) is 5.26 Å². The van der Waals surface area contributed by atoms with Gasteiger partial charge >= 0.3 is 0 Å². The molecule has 0 aliphatic heterocycles. The first-order valence-corrected chi connectivity index (χ1v) is 7.01. The summed E-state index contributed by atoms with van der Waals surface area (Å²) in [5.74, 6) is 2.28. The molecule has 1 aromatic carbocycles. The van der Waals surface area contributed by atoms with Crippen LogP contribution in [0, 0.1) is 17.2 Å². The molecule has 1 aliphatic carbocycles. The van der Waals surface area contributed by atoms with Gasteiger partial charge in [0.15, 0.2) is 0 Å². The van der Waals surface area contributed by atoms with Crippen LogP contribution in [0.4, 0.5) is 0 Å². The molecule has 1 saturated carbocycles. The minimum absolute atomic E-state index is 0.279. The summed E-state index contributed by atoms with van der Waals surface area (Å²) in [4.78, 5) is 0. The molecule has 0 saturated heterocycles. The Labute approximate surface area is 115 Å². The Morgan fingerprint density at radius 3 is 2.42 bits per heavy atom. The average Bonchev–Trinajstić information content (AvgIpc) is 2.47. The van der Waals surface area contributed by atoms with Crippen molar-refractivity contribution < 1.29 is 9.47 Å². The lowest BCUT2D eigenvalue weighted by Crippen LogP contribution is -2.23. The van der Waals surface area contributed by atoms with Crippen molar-refractivity contribution in [3.63, 3.8) is 0 Å². The quantitative estimate of drug-likeness (QED) is 0.823. The van der Waals surface area contributed by atoms with E-state index in [4.69, 9.17) is 14.7 Å². The van der Waals surface area contributed by atoms with Crippen LogP contribution in [0.3, 0.4) is 0 Å². The summed E-state index contributed by atoms with van der Waals surface area (Å²) >= 11 is 0. The molecule has 0 amide bonds. The van der Waals surface area contributed by atoms with Crippen molar-refractivity contribution >= 4 is 0 Å². The fourth-order valence-electron chi connectivity index (χ4n) is 2.67. The van der Waals surface area contributed by atoms with Gasteiger partial charge in [-0.2, -0.15) is 5.26 Å². The SMILES string of the molecule is CCC1CCC(Oc2cc(C#N)cc(OC)c2)CC1. The Kier molecular flexibility index (Phi) is 4.68. The first kappa shape index (κ1) is 13.7. The molecule has 0 atom stereocenters. The Morgan fingerprint density at radius 2 is 1.84 bits per heavy atom. The summed E-state index contributed by atoms with van der Waals surface area (Å²) in [6, 6.07) is 7.50. The maximum Gasteiger partial charge on any atom is 0.124 e. The molecule has 0 spiro atoms. The number of ether oxygens (including phenoxy) is 2. The molecule has 0 aromatic heterocycles. The molecule has 0 bridgehead atoms. The van der Waals surface area contributed by atoms with E-state index in [1.807, 2.05) is 6.07 Å². The third-order valence-corrected chi connectivity index (χ3v) is 3.92. The first-order valence-electron chi connectivity index (χ1n) is 7.01. The maximum absolute atomic E-state index is 8.99. The minimum Gasteiger partial charge on any atom is -0.497 e. The highest BCUT2D eigenvalue weighted by molar-refractivity contribution is 5.43. The second-order valence-electron chi connectivity index (χ2n) is 5.18. The number of benzene rings is 1. The molecular weight excluding hydrogens is 238 g/mol. The molecular formula is C16H21NO2. The van der Waals surface area contributed by atoms with E-state index in [1.165, 1.54) is 19.3 Å². The predicted molar refractivity (Wildman–Crippen MR) is 74.4 cm³/mol. The van der Waals surface area contributed by atoms with Gasteiger partial charge in [-0.1, -0.05) is 13.3 Å². The van der Waals surface area contributed by atoms with Gasteiger partial charge in [0, 0.05) is 6.07 Å². The zero-order valence-corrected chi connectivity index (χ0v) is 11.7. The number of rotatable bonds is 4. The summed E-state index contributed by atoms with van der Waals surface area (Å²) in [6.07, 6.45) is 6.26. The number of nitriles is 1. The zero-order valence-electron chi connectivity index (χ0n) is 11.7. The standard InChI is InChI=1S/C16H21NO2/c1-3-12-4-6-14(7-5-12)19-16-9-13(11-17)8-15(10-16)18-2/h8-10,12,14H,3-7H2,1-2H3. The fraction of sp³-hybridized carbons (Fsp3) is 0.562. The van der Waals surface area contributed by atoms with Crippen LogP contribution >= 0.6 is 0 Å². The topological polar surface area (TPSA) is 42.2 Å². The smallest absolute Gasteiger partial charge is 0.124 e. The van der Waals surface area contributed by atoms with Crippen LogP contribution in [0.2, 0.25) is 0 Å². The van der Waals surface area contributed by atoms with E-state index in [-0.39, 0.29) is 6.10 Å². The van der Waals surface area contributed by atoms with E-state index in [0.717, 1.165) is 24.5 Å². The third kappa shape index (κ3) is 3.64. The summed E-state index contributed by atoms with van der Waals surface area (Å²) in [7, 11) is 1.60. The van der Waals surface area contributed by atoms with E-state index in [1.54, 1.807) is 19.2 Å². The van der Waals surface area contributed by atoms with Crippen molar-refractivity contribution in [1.82, 2.24) is 0 Å². The third-order valence-electron chi connectivity index (χ3n) is 3.92. The molecule has 0 N–H and O–H groups in total. The van der Waals surface area contributed by atoms with Crippen molar-refractivity contribution in [2.45, 2.75) is 45.1 Å². The summed E-state index contributed by atoms with van der Waals surface area (Å²) in [6.45, 7) is 2.26. The average molecular weight is 259 g/mol. The molecule has 3 nitrogen and oxygen atoms in total. The summed E-state index contributed by atoms with van der Waals surface area (Å²) < 4.78 is 11.2. The van der Waals surface area contributed by atoms with Crippen LogP contribution in [-0.2, 0) is 0 Å². The van der Waals surface area contributed by atoms with Crippen molar-refractivity contribution in [2.75, 3.05) is 7.11 Å². The number of nitrogens with zero attached hydrogens (tertiary/aromatic N) is 1. The van der Waals surface area contributed by atoms with Crippen LogP contribution in [-0.4, -0.2) is 13.2 Å². The van der Waals surface area contributed by atoms with Gasteiger partial charge in [-0.05, 0) is 43.7 Å². The molecule has 102 valence electrons. The van der Waals surface area contributed by atoms with E-state index in [0.29, 0.717) is 11.3 Å². The second kappa shape index (κ2) is 6.47. The second-order valence-corrected chi connectivity index (χ2v) is 5.18. The van der Waals surface area contributed by atoms with Crippen molar-refractivity contribution in [3.05, 3.63) is 23.8 Å². The predicted octanol–water partition coefficient (Wildman–Crippen LogP) is 3.91. The van der Waals surface area contributed by atoms with Gasteiger partial charge in [0.05, 0.1) is 24.8 Å². The molecule has 0 heterocycles. The zero-order chi connectivity index (χ0) is 13.7. The number of methoxy groups -OCH3 is 1. The fourth-order valence-corrected chi connectivity index (χ4v) is 2.67. The highest BCUT2D eigenvalue weighted by atomic mass is 16.5. The lowest BCUT2D eigenvalue weighted by molar-refractivity contribution is 0.129. The Bertz CT molecular complexity index is 456. The largest absolute Gasteiger partial charge is 0.497 e. The van der Waals surface area contributed by atoms with Gasteiger partial charge in [0.2, 0.25) is 0 Å². The summed E-state index contributed by atoms with van der Waals surface area (Å²) in [5, 5.41) is 8.99. The van der Waals surface area contributed by atoms with E-state index in [9.17, 15) is 0 Å². The monoisotopic (exact) mass is 259 g/mol. The van der Waals surface area contributed by atoms with Crippen LogP contribution in [0.15, 0.2) is 18.2 Å². The van der Waals surface area contributed by atoms with Crippen molar-refractivity contribution in [2.24, 2.45) is 5.92 Å². The lowest BCUT2D eigenvalue weighted by atomic mass is 9.86. The van der Waals surface area contributed by atoms with Gasteiger partial charge in [-0.15, -0.1) is 0 Å². The number of hydrogen-bond acceptors (Lipinski definition) is 3.